The van der Waals surface area contributed by atoms with Gasteiger partial charge in [0.1, 0.15) is 0 Å². The molecule has 0 amide bonds. The molecule has 0 aliphatic carbocycles. The van der Waals surface area contributed by atoms with E-state index < -0.39 is 7.75 Å². The third-order valence-electron chi connectivity index (χ3n) is 0.934. The largest absolute Gasteiger partial charge is 0.487 e. The summed E-state index contributed by atoms with van der Waals surface area (Å²) in [7, 11) is -2.43. The Labute approximate surface area is 64.5 Å². The number of rotatable bonds is 6. The van der Waals surface area contributed by atoms with Crippen molar-refractivity contribution < 1.29 is 14.0 Å². The van der Waals surface area contributed by atoms with Crippen LogP contribution in [0.3, 0.4) is 0 Å². The van der Waals surface area contributed by atoms with Crippen molar-refractivity contribution >= 4 is 7.75 Å². The molecule has 66 valence electrons. The van der Waals surface area contributed by atoms with Gasteiger partial charge in [-0.3, -0.25) is 4.52 Å². The highest BCUT2D eigenvalue weighted by atomic mass is 31.2. The van der Waals surface area contributed by atoms with Gasteiger partial charge in [0.25, 0.3) is 0 Å². The molecule has 0 aromatic carbocycles. The molecular formula is C4H11N2O4P. The van der Waals surface area contributed by atoms with Gasteiger partial charge in [-0.1, -0.05) is 0 Å². The lowest BCUT2D eigenvalue weighted by Crippen LogP contribution is -2.09. The summed E-state index contributed by atoms with van der Waals surface area (Å²) in [5.74, 6) is 0. The topological polar surface area (TPSA) is 88.0 Å². The van der Waals surface area contributed by atoms with Crippen molar-refractivity contribution in [3.63, 3.8) is 0 Å². The Kier molecular flexibility index (Phi) is 5.23. The molecule has 2 N–H and O–H groups in total. The minimum atomic E-state index is -4.17. The first-order valence-electron chi connectivity index (χ1n) is 3.09. The fourth-order valence-corrected chi connectivity index (χ4v) is 0.870. The normalized spacial score (nSPS) is 15.8. The van der Waals surface area contributed by atoms with E-state index in [1.807, 2.05) is 4.95 Å². The molecule has 0 aromatic rings. The van der Waals surface area contributed by atoms with E-state index in [1.54, 1.807) is 7.05 Å². The molecule has 0 spiro atoms. The van der Waals surface area contributed by atoms with Gasteiger partial charge in [0.2, 0.25) is 0 Å². The van der Waals surface area contributed by atoms with E-state index in [0.29, 0.717) is 13.0 Å². The highest BCUT2D eigenvalue weighted by Crippen LogP contribution is 2.42. The lowest BCUT2D eigenvalue weighted by atomic mass is 10.5. The van der Waals surface area contributed by atoms with E-state index in [0.717, 1.165) is 0 Å². The predicted molar refractivity (Wildman–Crippen MR) is 40.1 cm³/mol. The molecule has 0 saturated heterocycles. The molecule has 0 bridgehead atoms. The number of nitroso groups, excluding NO2 is 1. The maximum absolute atomic E-state index is 10.4. The Morgan fingerprint density at radius 2 is 2.36 bits per heavy atom. The maximum Gasteiger partial charge on any atom is 0.487 e. The molecule has 0 aromatic heterocycles. The van der Waals surface area contributed by atoms with Crippen LogP contribution in [0.15, 0.2) is 4.95 Å². The second-order valence-corrected chi connectivity index (χ2v) is 3.27. The highest BCUT2D eigenvalue weighted by molar-refractivity contribution is 7.51. The zero-order valence-electron chi connectivity index (χ0n) is 6.19. The molecule has 0 saturated carbocycles. The van der Waals surface area contributed by atoms with Crippen LogP contribution in [0.25, 0.3) is 0 Å². The van der Waals surface area contributed by atoms with Crippen molar-refractivity contribution in [2.75, 3.05) is 20.2 Å². The molecule has 11 heavy (non-hydrogen) atoms. The second-order valence-electron chi connectivity index (χ2n) is 1.86. The predicted octanol–water partition coefficient (Wildman–Crippen LogP) is 0.479. The number of hydrogen-bond acceptors (Lipinski definition) is 4. The summed E-state index contributed by atoms with van der Waals surface area (Å²) in [5, 5.41) is 2.81. The van der Waals surface area contributed by atoms with Crippen molar-refractivity contribution in [1.82, 2.24) is 5.32 Å². The van der Waals surface area contributed by atoms with E-state index >= 15 is 0 Å². The summed E-state index contributed by atoms with van der Waals surface area (Å²) in [6, 6.07) is 0. The zero-order valence-corrected chi connectivity index (χ0v) is 7.08. The Bertz CT molecular complexity index is 162. The van der Waals surface area contributed by atoms with E-state index in [2.05, 4.69) is 9.84 Å². The summed E-state index contributed by atoms with van der Waals surface area (Å²) in [6.45, 7) is 0.721. The molecule has 1 unspecified atom stereocenters. The van der Waals surface area contributed by atoms with Crippen LogP contribution in [-0.4, -0.2) is 25.1 Å². The van der Waals surface area contributed by atoms with Gasteiger partial charge in [-0.05, 0) is 20.0 Å². The number of hydrogen-bond donors (Lipinski definition) is 2. The van der Waals surface area contributed by atoms with Crippen molar-refractivity contribution in [3.05, 3.63) is 4.91 Å². The first-order valence-corrected chi connectivity index (χ1v) is 4.62. The summed E-state index contributed by atoms with van der Waals surface area (Å²) >= 11 is 0. The third-order valence-corrected chi connectivity index (χ3v) is 1.66. The minimum absolute atomic E-state index is 0.0559. The molecule has 6 nitrogen and oxygen atoms in total. The van der Waals surface area contributed by atoms with Crippen LogP contribution < -0.4 is 5.32 Å². The summed E-state index contributed by atoms with van der Waals surface area (Å²) in [6.07, 6.45) is 0.566. The monoisotopic (exact) mass is 182 g/mol. The molecule has 0 radical (unpaired) electrons. The lowest BCUT2D eigenvalue weighted by molar-refractivity contribution is 0.256. The van der Waals surface area contributed by atoms with Crippen LogP contribution in [0.1, 0.15) is 6.42 Å². The van der Waals surface area contributed by atoms with Crippen molar-refractivity contribution in [3.8, 4) is 0 Å². The fourth-order valence-electron chi connectivity index (χ4n) is 0.456. The van der Waals surface area contributed by atoms with E-state index in [9.17, 15) is 9.47 Å². The first kappa shape index (κ1) is 10.7. The van der Waals surface area contributed by atoms with E-state index in [1.165, 1.54) is 0 Å². The number of nitrogens with zero attached hydrogens (tertiary/aromatic N) is 1. The van der Waals surface area contributed by atoms with Crippen LogP contribution in [0.5, 0.6) is 0 Å². The van der Waals surface area contributed by atoms with Gasteiger partial charge in [-0.2, -0.15) is 0 Å². The first-order chi connectivity index (χ1) is 5.12. The standard InChI is InChI=1S/C4H11N2O4P/c1-5-3-2-4-10-11(8,9)6-7/h5H,2-4H2,1H3,(H,8,9). The van der Waals surface area contributed by atoms with Gasteiger partial charge in [-0.25, -0.2) is 4.57 Å². The Morgan fingerprint density at radius 3 is 2.82 bits per heavy atom. The molecule has 0 heterocycles. The van der Waals surface area contributed by atoms with Gasteiger partial charge in [0.05, 0.1) is 6.61 Å². The molecule has 0 rings (SSSR count). The van der Waals surface area contributed by atoms with Crippen molar-refractivity contribution in [1.29, 1.82) is 0 Å². The molecule has 0 fully saturated rings. The minimum Gasteiger partial charge on any atom is -0.320 e. The molecule has 1 atom stereocenters. The number of nitrogens with one attached hydrogen (secondary N) is 1. The molecule has 0 aliphatic rings. The maximum atomic E-state index is 10.4. The fraction of sp³-hybridized carbons (Fsp3) is 1.00. The smallest absolute Gasteiger partial charge is 0.320 e. The molecule has 0 aliphatic heterocycles. The zero-order chi connectivity index (χ0) is 8.74. The SMILES string of the molecule is CNCCCOP(=O)(O)N=O. The van der Waals surface area contributed by atoms with Crippen LogP contribution in [-0.2, 0) is 9.09 Å². The lowest BCUT2D eigenvalue weighted by Gasteiger charge is -2.02. The average molecular weight is 182 g/mol. The summed E-state index contributed by atoms with van der Waals surface area (Å²) in [5.41, 5.74) is 0. The summed E-state index contributed by atoms with van der Waals surface area (Å²) < 4.78 is 14.7. The van der Waals surface area contributed by atoms with Crippen LogP contribution in [0.4, 0.5) is 0 Å². The highest BCUT2D eigenvalue weighted by Gasteiger charge is 2.18. The van der Waals surface area contributed by atoms with E-state index in [-0.39, 0.29) is 6.61 Å². The van der Waals surface area contributed by atoms with Crippen molar-refractivity contribution in [2.45, 2.75) is 6.42 Å². The molecule has 7 heteroatoms. The average Bonchev–Trinajstić information content (AvgIpc) is 1.99. The van der Waals surface area contributed by atoms with Gasteiger partial charge < -0.3 is 10.2 Å². The van der Waals surface area contributed by atoms with Gasteiger partial charge in [0, 0.05) is 4.95 Å². The van der Waals surface area contributed by atoms with Gasteiger partial charge >= 0.3 is 7.75 Å². The van der Waals surface area contributed by atoms with Crippen LogP contribution >= 0.6 is 7.75 Å². The Hall–Kier alpha value is -0.290. The second kappa shape index (κ2) is 5.37. The quantitative estimate of drug-likeness (QED) is 0.354. The van der Waals surface area contributed by atoms with Gasteiger partial charge in [0.15, 0.2) is 0 Å². The van der Waals surface area contributed by atoms with E-state index in [4.69, 9.17) is 4.89 Å². The molecular weight excluding hydrogens is 171 g/mol. The van der Waals surface area contributed by atoms with Crippen molar-refractivity contribution in [2.24, 2.45) is 4.95 Å². The summed E-state index contributed by atoms with van der Waals surface area (Å²) in [4.78, 5) is 20.0. The van der Waals surface area contributed by atoms with Gasteiger partial charge in [-0.15, -0.1) is 4.91 Å². The van der Waals surface area contributed by atoms with Crippen LogP contribution in [0, 0.1) is 4.91 Å². The Balaban J connectivity index is 3.38. The van der Waals surface area contributed by atoms with Crippen LogP contribution in [0.2, 0.25) is 0 Å². The third kappa shape index (κ3) is 6.12. The Morgan fingerprint density at radius 1 is 1.73 bits per heavy atom.